The lowest BCUT2D eigenvalue weighted by atomic mass is 9.92. The second-order valence-electron chi connectivity index (χ2n) is 4.09. The van der Waals surface area contributed by atoms with E-state index in [2.05, 4.69) is 25.2 Å². The lowest BCUT2D eigenvalue weighted by Crippen LogP contribution is -2.44. The van der Waals surface area contributed by atoms with Crippen molar-refractivity contribution in [1.29, 1.82) is 5.26 Å². The monoisotopic (exact) mass is 251 g/mol. The number of hydrogen-bond acceptors (Lipinski definition) is 3. The third-order valence-corrected chi connectivity index (χ3v) is 3.58. The van der Waals surface area contributed by atoms with Gasteiger partial charge in [-0.1, -0.05) is 31.5 Å². The minimum absolute atomic E-state index is 0.170. The van der Waals surface area contributed by atoms with E-state index in [1.54, 1.807) is 6.07 Å². The van der Waals surface area contributed by atoms with E-state index in [9.17, 15) is 0 Å². The van der Waals surface area contributed by atoms with Crippen LogP contribution in [-0.4, -0.2) is 12.1 Å². The third kappa shape index (κ3) is 2.91. The van der Waals surface area contributed by atoms with Gasteiger partial charge in [-0.05, 0) is 25.0 Å². The van der Waals surface area contributed by atoms with Crippen molar-refractivity contribution < 1.29 is 0 Å². The quantitative estimate of drug-likeness (QED) is 0.845. The molecular formula is C13H18ClN3. The Morgan fingerprint density at radius 2 is 2.06 bits per heavy atom. The zero-order valence-electron chi connectivity index (χ0n) is 10.3. The Labute approximate surface area is 108 Å². The number of benzene rings is 1. The van der Waals surface area contributed by atoms with E-state index < -0.39 is 0 Å². The normalized spacial score (nSPS) is 11.0. The van der Waals surface area contributed by atoms with Crippen LogP contribution in [0.4, 0.5) is 5.69 Å². The summed E-state index contributed by atoms with van der Waals surface area (Å²) in [5.41, 5.74) is 6.90. The van der Waals surface area contributed by atoms with E-state index in [1.807, 2.05) is 12.1 Å². The van der Waals surface area contributed by atoms with Gasteiger partial charge in [-0.2, -0.15) is 5.26 Å². The Morgan fingerprint density at radius 3 is 2.53 bits per heavy atom. The summed E-state index contributed by atoms with van der Waals surface area (Å²) in [6.07, 6.45) is 1.80. The predicted octanol–water partition coefficient (Wildman–Crippen LogP) is 3.14. The van der Waals surface area contributed by atoms with Gasteiger partial charge in [0.1, 0.15) is 6.07 Å². The number of nitrogens with one attached hydrogen (secondary N) is 1. The Morgan fingerprint density at radius 1 is 1.41 bits per heavy atom. The van der Waals surface area contributed by atoms with Crippen molar-refractivity contribution >= 4 is 17.3 Å². The van der Waals surface area contributed by atoms with Crippen molar-refractivity contribution in [2.75, 3.05) is 11.9 Å². The number of nitrogens with zero attached hydrogens (tertiary/aromatic N) is 1. The van der Waals surface area contributed by atoms with Crippen molar-refractivity contribution in [3.8, 4) is 6.07 Å². The molecule has 0 heterocycles. The van der Waals surface area contributed by atoms with E-state index in [1.165, 1.54) is 0 Å². The highest BCUT2D eigenvalue weighted by Crippen LogP contribution is 2.28. The lowest BCUT2D eigenvalue weighted by Gasteiger charge is -2.33. The average Bonchev–Trinajstić information content (AvgIpc) is 2.36. The van der Waals surface area contributed by atoms with Gasteiger partial charge in [0, 0.05) is 12.1 Å². The molecule has 1 aromatic carbocycles. The molecule has 0 aliphatic heterocycles. The molecule has 0 saturated heterocycles. The maximum Gasteiger partial charge on any atom is 0.103 e. The van der Waals surface area contributed by atoms with Gasteiger partial charge in [0.15, 0.2) is 0 Å². The highest BCUT2D eigenvalue weighted by Gasteiger charge is 2.25. The summed E-state index contributed by atoms with van der Waals surface area (Å²) in [6, 6.07) is 7.53. The Hall–Kier alpha value is -1.24. The highest BCUT2D eigenvalue weighted by atomic mass is 35.5. The highest BCUT2D eigenvalue weighted by molar-refractivity contribution is 6.32. The molecule has 3 N–H and O–H groups in total. The first-order chi connectivity index (χ1) is 8.12. The molecule has 0 fully saturated rings. The molecule has 0 bridgehead atoms. The van der Waals surface area contributed by atoms with Crippen molar-refractivity contribution in [3.63, 3.8) is 0 Å². The fourth-order valence-electron chi connectivity index (χ4n) is 1.79. The second-order valence-corrected chi connectivity index (χ2v) is 4.50. The van der Waals surface area contributed by atoms with Gasteiger partial charge < -0.3 is 11.1 Å². The van der Waals surface area contributed by atoms with Gasteiger partial charge in [-0.3, -0.25) is 0 Å². The maximum atomic E-state index is 9.11. The predicted molar refractivity (Wildman–Crippen MR) is 72.2 cm³/mol. The van der Waals surface area contributed by atoms with E-state index >= 15 is 0 Å². The van der Waals surface area contributed by atoms with E-state index in [4.69, 9.17) is 22.6 Å². The molecule has 3 nitrogen and oxygen atoms in total. The average molecular weight is 252 g/mol. The second kappa shape index (κ2) is 5.90. The van der Waals surface area contributed by atoms with E-state index in [-0.39, 0.29) is 5.54 Å². The zero-order valence-corrected chi connectivity index (χ0v) is 11.0. The van der Waals surface area contributed by atoms with Crippen LogP contribution in [0.25, 0.3) is 0 Å². The smallest absolute Gasteiger partial charge is 0.103 e. The van der Waals surface area contributed by atoms with Crippen molar-refractivity contribution in [3.05, 3.63) is 28.8 Å². The van der Waals surface area contributed by atoms with E-state index in [0.717, 1.165) is 18.5 Å². The number of halogens is 1. The molecule has 0 saturated carbocycles. The summed E-state index contributed by atoms with van der Waals surface area (Å²) in [5, 5.41) is 12.9. The lowest BCUT2D eigenvalue weighted by molar-refractivity contribution is 0.445. The minimum Gasteiger partial charge on any atom is -0.377 e. The Kier molecular flexibility index (Phi) is 4.80. The summed E-state index contributed by atoms with van der Waals surface area (Å²) in [7, 11) is 0. The van der Waals surface area contributed by atoms with Gasteiger partial charge in [-0.25, -0.2) is 0 Å². The van der Waals surface area contributed by atoms with Crippen molar-refractivity contribution in [2.24, 2.45) is 5.73 Å². The van der Waals surface area contributed by atoms with Crippen molar-refractivity contribution in [1.82, 2.24) is 0 Å². The third-order valence-electron chi connectivity index (χ3n) is 3.27. The summed E-state index contributed by atoms with van der Waals surface area (Å²) in [5.74, 6) is 0. The van der Waals surface area contributed by atoms with Crippen molar-refractivity contribution in [2.45, 2.75) is 32.2 Å². The fourth-order valence-corrected chi connectivity index (χ4v) is 2.01. The van der Waals surface area contributed by atoms with Gasteiger partial charge in [0.05, 0.1) is 16.3 Å². The van der Waals surface area contributed by atoms with E-state index in [0.29, 0.717) is 17.1 Å². The van der Waals surface area contributed by atoms with Crippen LogP contribution < -0.4 is 11.1 Å². The topological polar surface area (TPSA) is 61.8 Å². The van der Waals surface area contributed by atoms with Crippen LogP contribution in [0.15, 0.2) is 18.2 Å². The van der Waals surface area contributed by atoms with Gasteiger partial charge in [0.25, 0.3) is 0 Å². The molecule has 0 radical (unpaired) electrons. The molecule has 0 spiro atoms. The first-order valence-electron chi connectivity index (χ1n) is 5.79. The number of nitrogens with two attached hydrogens (primary N) is 1. The maximum absolute atomic E-state index is 9.11. The Bertz CT molecular complexity index is 411. The number of nitriles is 1. The van der Waals surface area contributed by atoms with Crippen LogP contribution in [0.5, 0.6) is 0 Å². The summed E-state index contributed by atoms with van der Waals surface area (Å²) in [6.45, 7) is 4.69. The molecule has 1 rings (SSSR count). The molecule has 17 heavy (non-hydrogen) atoms. The molecule has 0 aromatic heterocycles. The molecule has 1 aromatic rings. The summed E-state index contributed by atoms with van der Waals surface area (Å²) in [4.78, 5) is 0. The number of anilines is 1. The summed E-state index contributed by atoms with van der Waals surface area (Å²) >= 11 is 5.99. The van der Waals surface area contributed by atoms with Crippen LogP contribution in [0.2, 0.25) is 5.02 Å². The Balaban J connectivity index is 3.10. The number of rotatable bonds is 5. The van der Waals surface area contributed by atoms with Crippen LogP contribution in [0.1, 0.15) is 32.3 Å². The molecule has 0 amide bonds. The van der Waals surface area contributed by atoms with Crippen LogP contribution in [0.3, 0.4) is 0 Å². The molecular weight excluding hydrogens is 234 g/mol. The van der Waals surface area contributed by atoms with Crippen LogP contribution in [-0.2, 0) is 0 Å². The van der Waals surface area contributed by atoms with Crippen LogP contribution in [0, 0.1) is 11.3 Å². The molecule has 92 valence electrons. The van der Waals surface area contributed by atoms with Gasteiger partial charge >= 0.3 is 0 Å². The molecule has 0 aliphatic rings. The summed E-state index contributed by atoms with van der Waals surface area (Å²) < 4.78 is 0. The SMILES string of the molecule is CCC(CC)(CN)Nc1cccc(Cl)c1C#N. The standard InChI is InChI=1S/C13H18ClN3/c1-3-13(4-2,9-16)17-12-7-5-6-11(14)10(12)8-15/h5-7,17H,3-4,9,16H2,1-2H3. The van der Waals surface area contributed by atoms with Crippen LogP contribution >= 0.6 is 11.6 Å². The largest absolute Gasteiger partial charge is 0.377 e. The zero-order chi connectivity index (χ0) is 12.9. The van der Waals surface area contributed by atoms with Gasteiger partial charge in [0.2, 0.25) is 0 Å². The molecule has 0 unspecified atom stereocenters. The molecule has 4 heteroatoms. The molecule has 0 aliphatic carbocycles. The first kappa shape index (κ1) is 13.8. The van der Waals surface area contributed by atoms with Gasteiger partial charge in [-0.15, -0.1) is 0 Å². The first-order valence-corrected chi connectivity index (χ1v) is 6.17. The minimum atomic E-state index is -0.170. The fraction of sp³-hybridized carbons (Fsp3) is 0.462. The molecule has 0 atom stereocenters. The number of hydrogen-bond donors (Lipinski definition) is 2.